The Kier molecular flexibility index (Phi) is 3.15. The third-order valence-electron chi connectivity index (χ3n) is 3.66. The molecule has 0 saturated heterocycles. The van der Waals surface area contributed by atoms with Crippen molar-refractivity contribution in [3.05, 3.63) is 24.0 Å². The second kappa shape index (κ2) is 4.42. The molecule has 1 heterocycles. The zero-order chi connectivity index (χ0) is 11.6. The Morgan fingerprint density at radius 3 is 3.00 bits per heavy atom. The van der Waals surface area contributed by atoms with E-state index in [2.05, 4.69) is 11.9 Å². The van der Waals surface area contributed by atoms with Crippen LogP contribution in [0.15, 0.2) is 18.3 Å². The molecule has 0 radical (unpaired) electrons. The maximum atomic E-state index is 10.8. The molecule has 1 N–H and O–H groups in total. The number of hydrogen-bond acceptors (Lipinski definition) is 3. The third kappa shape index (κ3) is 1.80. The lowest BCUT2D eigenvalue weighted by Gasteiger charge is -2.38. The van der Waals surface area contributed by atoms with Crippen molar-refractivity contribution in [2.24, 2.45) is 5.92 Å². The standard InChI is InChI=1S/C13H19NO2/c1-10-6-3-4-8-13(10,15)12-11(16-2)7-5-9-14-12/h5,7,9-10,15H,3-4,6,8H2,1-2H3. The van der Waals surface area contributed by atoms with E-state index in [4.69, 9.17) is 4.74 Å². The van der Waals surface area contributed by atoms with Gasteiger partial charge in [0.2, 0.25) is 0 Å². The van der Waals surface area contributed by atoms with Gasteiger partial charge in [-0.3, -0.25) is 4.98 Å². The van der Waals surface area contributed by atoms with Crippen molar-refractivity contribution in [3.63, 3.8) is 0 Å². The van der Waals surface area contributed by atoms with Crippen LogP contribution in [0.4, 0.5) is 0 Å². The van der Waals surface area contributed by atoms with Gasteiger partial charge in [-0.15, -0.1) is 0 Å². The van der Waals surface area contributed by atoms with Crippen molar-refractivity contribution >= 4 is 0 Å². The van der Waals surface area contributed by atoms with Crippen LogP contribution in [0.5, 0.6) is 5.75 Å². The normalized spacial score (nSPS) is 30.1. The molecule has 2 atom stereocenters. The van der Waals surface area contributed by atoms with Crippen molar-refractivity contribution in [1.29, 1.82) is 0 Å². The second-order valence-electron chi connectivity index (χ2n) is 4.63. The average Bonchev–Trinajstić information content (AvgIpc) is 2.33. The largest absolute Gasteiger partial charge is 0.495 e. The summed E-state index contributed by atoms with van der Waals surface area (Å²) in [6.07, 6.45) is 5.80. The van der Waals surface area contributed by atoms with Crippen LogP contribution in [-0.4, -0.2) is 17.2 Å². The van der Waals surface area contributed by atoms with Crippen LogP contribution in [-0.2, 0) is 5.60 Å². The highest BCUT2D eigenvalue weighted by molar-refractivity contribution is 5.32. The van der Waals surface area contributed by atoms with Crippen LogP contribution in [0.25, 0.3) is 0 Å². The van der Waals surface area contributed by atoms with Gasteiger partial charge in [0.15, 0.2) is 0 Å². The van der Waals surface area contributed by atoms with Crippen molar-refractivity contribution in [2.75, 3.05) is 7.11 Å². The molecule has 1 saturated carbocycles. The second-order valence-corrected chi connectivity index (χ2v) is 4.63. The van der Waals surface area contributed by atoms with Gasteiger partial charge < -0.3 is 9.84 Å². The van der Waals surface area contributed by atoms with E-state index < -0.39 is 5.60 Å². The molecule has 0 aromatic carbocycles. The van der Waals surface area contributed by atoms with Crippen molar-refractivity contribution < 1.29 is 9.84 Å². The zero-order valence-corrected chi connectivity index (χ0v) is 9.94. The molecule has 1 fully saturated rings. The highest BCUT2D eigenvalue weighted by Gasteiger charge is 2.40. The number of aliphatic hydroxyl groups is 1. The summed E-state index contributed by atoms with van der Waals surface area (Å²) in [4.78, 5) is 4.32. The maximum absolute atomic E-state index is 10.8. The van der Waals surface area contributed by atoms with E-state index in [1.165, 1.54) is 6.42 Å². The molecule has 2 rings (SSSR count). The Hall–Kier alpha value is -1.09. The molecule has 1 aromatic rings. The minimum atomic E-state index is -0.815. The molecule has 16 heavy (non-hydrogen) atoms. The van der Waals surface area contributed by atoms with Gasteiger partial charge in [-0.25, -0.2) is 0 Å². The molecule has 1 aromatic heterocycles. The van der Waals surface area contributed by atoms with E-state index in [1.54, 1.807) is 13.3 Å². The lowest BCUT2D eigenvalue weighted by atomic mass is 9.74. The van der Waals surface area contributed by atoms with Crippen LogP contribution < -0.4 is 4.74 Å². The molecule has 2 unspecified atom stereocenters. The zero-order valence-electron chi connectivity index (χ0n) is 9.94. The summed E-state index contributed by atoms with van der Waals surface area (Å²) < 4.78 is 5.29. The van der Waals surface area contributed by atoms with Gasteiger partial charge in [0.1, 0.15) is 17.0 Å². The van der Waals surface area contributed by atoms with E-state index in [-0.39, 0.29) is 5.92 Å². The first-order valence-electron chi connectivity index (χ1n) is 5.90. The summed E-state index contributed by atoms with van der Waals surface area (Å²) >= 11 is 0. The fraction of sp³-hybridized carbons (Fsp3) is 0.615. The number of ether oxygens (including phenoxy) is 1. The molecule has 0 bridgehead atoms. The molecule has 3 nitrogen and oxygen atoms in total. The van der Waals surface area contributed by atoms with Gasteiger partial charge >= 0.3 is 0 Å². The van der Waals surface area contributed by atoms with Gasteiger partial charge in [-0.2, -0.15) is 0 Å². The summed E-state index contributed by atoms with van der Waals surface area (Å²) in [6, 6.07) is 3.70. The van der Waals surface area contributed by atoms with Crippen LogP contribution in [0.3, 0.4) is 0 Å². The fourth-order valence-electron chi connectivity index (χ4n) is 2.56. The summed E-state index contributed by atoms with van der Waals surface area (Å²) in [5.41, 5.74) is -0.116. The SMILES string of the molecule is COc1cccnc1C1(O)CCCCC1C. The van der Waals surface area contributed by atoms with Gasteiger partial charge in [0.25, 0.3) is 0 Å². The third-order valence-corrected chi connectivity index (χ3v) is 3.66. The Labute approximate surface area is 96.5 Å². The number of nitrogens with zero attached hydrogens (tertiary/aromatic N) is 1. The highest BCUT2D eigenvalue weighted by atomic mass is 16.5. The summed E-state index contributed by atoms with van der Waals surface area (Å²) in [5.74, 6) is 0.934. The fourth-order valence-corrected chi connectivity index (χ4v) is 2.56. The first kappa shape index (κ1) is 11.4. The summed E-state index contributed by atoms with van der Waals surface area (Å²) in [5, 5.41) is 10.8. The predicted octanol–water partition coefficient (Wildman–Crippen LogP) is 2.49. The van der Waals surface area contributed by atoms with E-state index in [1.807, 2.05) is 12.1 Å². The molecule has 0 aliphatic heterocycles. The highest BCUT2D eigenvalue weighted by Crippen LogP contribution is 2.43. The lowest BCUT2D eigenvalue weighted by Crippen LogP contribution is -2.37. The van der Waals surface area contributed by atoms with Crippen molar-refractivity contribution in [3.8, 4) is 5.75 Å². The number of hydrogen-bond donors (Lipinski definition) is 1. The first-order chi connectivity index (χ1) is 7.68. The van der Waals surface area contributed by atoms with Crippen LogP contribution >= 0.6 is 0 Å². The van der Waals surface area contributed by atoms with E-state index in [0.29, 0.717) is 11.4 Å². The van der Waals surface area contributed by atoms with Crippen LogP contribution in [0.2, 0.25) is 0 Å². The monoisotopic (exact) mass is 221 g/mol. The Balaban J connectivity index is 2.40. The van der Waals surface area contributed by atoms with Crippen molar-refractivity contribution in [2.45, 2.75) is 38.2 Å². The molecule has 88 valence electrons. The average molecular weight is 221 g/mol. The molecule has 0 spiro atoms. The van der Waals surface area contributed by atoms with Crippen LogP contribution in [0.1, 0.15) is 38.3 Å². The van der Waals surface area contributed by atoms with Crippen LogP contribution in [0, 0.1) is 5.92 Å². The topological polar surface area (TPSA) is 42.4 Å². The first-order valence-corrected chi connectivity index (χ1v) is 5.90. The molecular weight excluding hydrogens is 202 g/mol. The van der Waals surface area contributed by atoms with Crippen molar-refractivity contribution in [1.82, 2.24) is 4.98 Å². The number of pyridine rings is 1. The number of methoxy groups -OCH3 is 1. The van der Waals surface area contributed by atoms with E-state index in [0.717, 1.165) is 19.3 Å². The van der Waals surface area contributed by atoms with Gasteiger partial charge in [0.05, 0.1) is 7.11 Å². The quantitative estimate of drug-likeness (QED) is 0.834. The molecular formula is C13H19NO2. The van der Waals surface area contributed by atoms with Gasteiger partial charge in [-0.05, 0) is 30.9 Å². The minimum Gasteiger partial charge on any atom is -0.495 e. The Morgan fingerprint density at radius 1 is 1.50 bits per heavy atom. The number of rotatable bonds is 2. The predicted molar refractivity (Wildman–Crippen MR) is 62.3 cm³/mol. The smallest absolute Gasteiger partial charge is 0.143 e. The molecule has 3 heteroatoms. The van der Waals surface area contributed by atoms with Gasteiger partial charge in [-0.1, -0.05) is 19.8 Å². The number of aromatic nitrogens is 1. The Bertz CT molecular complexity index is 367. The lowest BCUT2D eigenvalue weighted by molar-refractivity contribution is -0.0522. The van der Waals surface area contributed by atoms with E-state index >= 15 is 0 Å². The molecule has 1 aliphatic rings. The summed E-state index contributed by atoms with van der Waals surface area (Å²) in [7, 11) is 1.62. The van der Waals surface area contributed by atoms with E-state index in [9.17, 15) is 5.11 Å². The summed E-state index contributed by atoms with van der Waals surface area (Å²) in [6.45, 7) is 2.09. The molecule has 0 amide bonds. The van der Waals surface area contributed by atoms with Gasteiger partial charge in [0, 0.05) is 6.20 Å². The molecule has 1 aliphatic carbocycles. The minimum absolute atomic E-state index is 0.241. The maximum Gasteiger partial charge on any atom is 0.143 e. The Morgan fingerprint density at radius 2 is 2.31 bits per heavy atom.